The minimum absolute atomic E-state index is 0. The van der Waals surface area contributed by atoms with Crippen molar-refractivity contribution in [2.75, 3.05) is 26.0 Å². The van der Waals surface area contributed by atoms with Crippen molar-refractivity contribution in [1.82, 2.24) is 10.6 Å². The van der Waals surface area contributed by atoms with Crippen LogP contribution in [-0.2, 0) is 17.3 Å². The van der Waals surface area contributed by atoms with Gasteiger partial charge in [0.15, 0.2) is 5.96 Å². The van der Waals surface area contributed by atoms with E-state index in [2.05, 4.69) is 22.2 Å². The van der Waals surface area contributed by atoms with Crippen molar-refractivity contribution in [2.24, 2.45) is 4.99 Å². The molecule has 1 rings (SSSR count). The first-order valence-corrected chi connectivity index (χ1v) is 9.35. The van der Waals surface area contributed by atoms with Crippen LogP contribution in [0.5, 0.6) is 5.75 Å². The summed E-state index contributed by atoms with van der Waals surface area (Å²) in [5.41, 5.74) is 1.04. The SMILES string of the molecule is C=CCOc1ccccc1CNC(=NC)NCCS(=O)C(C)(C)C.I. The summed E-state index contributed by atoms with van der Waals surface area (Å²) in [7, 11) is 0.841. The van der Waals surface area contributed by atoms with Crippen LogP contribution in [0.15, 0.2) is 41.9 Å². The Kier molecular flexibility index (Phi) is 11.8. The molecule has 0 spiro atoms. The fourth-order valence-corrected chi connectivity index (χ4v) is 2.81. The molecule has 0 saturated heterocycles. The normalized spacial score (nSPS) is 12.7. The molecular formula is C18H30IN3O2S. The maximum absolute atomic E-state index is 12.0. The van der Waals surface area contributed by atoms with Crippen molar-refractivity contribution in [3.8, 4) is 5.75 Å². The minimum Gasteiger partial charge on any atom is -0.489 e. The molecule has 142 valence electrons. The predicted octanol–water partition coefficient (Wildman–Crippen LogP) is 3.08. The van der Waals surface area contributed by atoms with Crippen molar-refractivity contribution >= 4 is 40.7 Å². The largest absolute Gasteiger partial charge is 0.489 e. The van der Waals surface area contributed by atoms with E-state index >= 15 is 0 Å². The van der Waals surface area contributed by atoms with Gasteiger partial charge in [-0.3, -0.25) is 9.20 Å². The highest BCUT2D eigenvalue weighted by atomic mass is 127. The molecule has 0 radical (unpaired) electrons. The molecule has 0 aromatic heterocycles. The summed E-state index contributed by atoms with van der Waals surface area (Å²) in [4.78, 5) is 4.19. The van der Waals surface area contributed by atoms with E-state index in [1.54, 1.807) is 13.1 Å². The lowest BCUT2D eigenvalue weighted by Gasteiger charge is -2.18. The average molecular weight is 479 g/mol. The van der Waals surface area contributed by atoms with Crippen LogP contribution < -0.4 is 15.4 Å². The van der Waals surface area contributed by atoms with E-state index in [0.29, 0.717) is 31.4 Å². The standard InChI is InChI=1S/C18H29N3O2S.HI/c1-6-12-23-16-10-8-7-9-15(16)14-21-17(19-5)20-11-13-24(22)18(2,3)4;/h6-10H,1,11-14H2,2-5H3,(H2,19,20,21);1H. The van der Waals surface area contributed by atoms with E-state index in [0.717, 1.165) is 11.3 Å². The van der Waals surface area contributed by atoms with Crippen molar-refractivity contribution in [2.45, 2.75) is 32.1 Å². The summed E-state index contributed by atoms with van der Waals surface area (Å²) in [6, 6.07) is 7.85. The van der Waals surface area contributed by atoms with Gasteiger partial charge in [0.05, 0.1) is 0 Å². The lowest BCUT2D eigenvalue weighted by Crippen LogP contribution is -2.40. The third kappa shape index (κ3) is 9.25. The molecule has 0 fully saturated rings. The molecule has 1 atom stereocenters. The van der Waals surface area contributed by atoms with Gasteiger partial charge >= 0.3 is 0 Å². The monoisotopic (exact) mass is 479 g/mol. The van der Waals surface area contributed by atoms with E-state index in [1.165, 1.54) is 0 Å². The van der Waals surface area contributed by atoms with Gasteiger partial charge in [-0.2, -0.15) is 0 Å². The van der Waals surface area contributed by atoms with Gasteiger partial charge in [-0.25, -0.2) is 0 Å². The average Bonchev–Trinajstić information content (AvgIpc) is 2.55. The Bertz CT molecular complexity index is 586. The number of nitrogens with one attached hydrogen (secondary N) is 2. The summed E-state index contributed by atoms with van der Waals surface area (Å²) < 4.78 is 17.5. The molecular weight excluding hydrogens is 449 g/mol. The highest BCUT2D eigenvalue weighted by Gasteiger charge is 2.18. The smallest absolute Gasteiger partial charge is 0.191 e. The second-order valence-corrected chi connectivity index (χ2v) is 8.55. The first-order valence-electron chi connectivity index (χ1n) is 8.03. The molecule has 0 bridgehead atoms. The molecule has 25 heavy (non-hydrogen) atoms. The summed E-state index contributed by atoms with van der Waals surface area (Å²) in [5, 5.41) is 6.44. The second-order valence-electron chi connectivity index (χ2n) is 6.22. The number of guanidine groups is 1. The quantitative estimate of drug-likeness (QED) is 0.261. The second kappa shape index (κ2) is 12.3. The summed E-state index contributed by atoms with van der Waals surface area (Å²) in [6.45, 7) is 11.3. The molecule has 7 heteroatoms. The number of rotatable bonds is 8. The van der Waals surface area contributed by atoms with Gasteiger partial charge in [-0.1, -0.05) is 30.9 Å². The van der Waals surface area contributed by atoms with Crippen LogP contribution in [0.25, 0.3) is 0 Å². The first kappa shape index (κ1) is 23.9. The molecule has 5 nitrogen and oxygen atoms in total. The van der Waals surface area contributed by atoms with E-state index in [9.17, 15) is 4.21 Å². The maximum atomic E-state index is 12.0. The van der Waals surface area contributed by atoms with E-state index in [1.807, 2.05) is 45.0 Å². The van der Waals surface area contributed by atoms with Gasteiger partial charge in [0.25, 0.3) is 0 Å². The zero-order chi connectivity index (χ0) is 18.0. The number of para-hydroxylation sites is 1. The number of benzene rings is 1. The Labute approximate surface area is 171 Å². The number of nitrogens with zero attached hydrogens (tertiary/aromatic N) is 1. The first-order chi connectivity index (χ1) is 11.4. The lowest BCUT2D eigenvalue weighted by atomic mass is 10.2. The van der Waals surface area contributed by atoms with E-state index < -0.39 is 10.8 Å². The van der Waals surface area contributed by atoms with Crippen LogP contribution in [0, 0.1) is 0 Å². The van der Waals surface area contributed by atoms with Crippen molar-refractivity contribution in [1.29, 1.82) is 0 Å². The molecule has 1 aromatic rings. The third-order valence-electron chi connectivity index (χ3n) is 3.26. The molecule has 2 N–H and O–H groups in total. The topological polar surface area (TPSA) is 62.7 Å². The fraction of sp³-hybridized carbons (Fsp3) is 0.500. The molecule has 0 amide bonds. The van der Waals surface area contributed by atoms with Crippen molar-refractivity contribution < 1.29 is 8.95 Å². The minimum atomic E-state index is -0.878. The number of halogens is 1. The van der Waals surface area contributed by atoms with Crippen LogP contribution in [-0.4, -0.2) is 40.9 Å². The van der Waals surface area contributed by atoms with Crippen LogP contribution in [0.4, 0.5) is 0 Å². The van der Waals surface area contributed by atoms with Gasteiger partial charge in [-0.15, -0.1) is 24.0 Å². The Hall–Kier alpha value is -1.09. The van der Waals surface area contributed by atoms with Crippen LogP contribution in [0.1, 0.15) is 26.3 Å². The third-order valence-corrected chi connectivity index (χ3v) is 5.20. The van der Waals surface area contributed by atoms with Crippen molar-refractivity contribution in [3.63, 3.8) is 0 Å². The summed E-state index contributed by atoms with van der Waals surface area (Å²) in [5.74, 6) is 2.09. The van der Waals surface area contributed by atoms with Crippen LogP contribution >= 0.6 is 24.0 Å². The number of ether oxygens (including phenoxy) is 1. The molecule has 0 saturated carbocycles. The Morgan fingerprint density at radius 1 is 1.32 bits per heavy atom. The highest BCUT2D eigenvalue weighted by Crippen LogP contribution is 2.17. The number of aliphatic imine (C=N–C) groups is 1. The molecule has 1 unspecified atom stereocenters. The molecule has 0 aliphatic rings. The summed E-state index contributed by atoms with van der Waals surface area (Å²) >= 11 is 0. The zero-order valence-corrected chi connectivity index (χ0v) is 18.6. The van der Waals surface area contributed by atoms with Crippen LogP contribution in [0.2, 0.25) is 0 Å². The van der Waals surface area contributed by atoms with Crippen molar-refractivity contribution in [3.05, 3.63) is 42.5 Å². The van der Waals surface area contributed by atoms with Gasteiger partial charge in [0, 0.05) is 47.0 Å². The van der Waals surface area contributed by atoms with Gasteiger partial charge in [0.2, 0.25) is 0 Å². The van der Waals surface area contributed by atoms with E-state index in [-0.39, 0.29) is 28.7 Å². The lowest BCUT2D eigenvalue weighted by molar-refractivity contribution is 0.358. The summed E-state index contributed by atoms with van der Waals surface area (Å²) in [6.07, 6.45) is 1.72. The fourth-order valence-electron chi connectivity index (χ4n) is 1.91. The zero-order valence-electron chi connectivity index (χ0n) is 15.5. The number of hydrogen-bond donors (Lipinski definition) is 2. The van der Waals surface area contributed by atoms with Gasteiger partial charge in [0.1, 0.15) is 12.4 Å². The molecule has 0 heterocycles. The molecule has 1 aromatic carbocycles. The number of hydrogen-bond acceptors (Lipinski definition) is 3. The van der Waals surface area contributed by atoms with Gasteiger partial charge in [-0.05, 0) is 26.8 Å². The molecule has 0 aliphatic carbocycles. The molecule has 0 aliphatic heterocycles. The highest BCUT2D eigenvalue weighted by molar-refractivity contribution is 14.0. The predicted molar refractivity (Wildman–Crippen MR) is 119 cm³/mol. The Morgan fingerprint density at radius 2 is 2.00 bits per heavy atom. The maximum Gasteiger partial charge on any atom is 0.191 e. The van der Waals surface area contributed by atoms with Crippen LogP contribution in [0.3, 0.4) is 0 Å². The van der Waals surface area contributed by atoms with Gasteiger partial charge < -0.3 is 15.4 Å². The Balaban J connectivity index is 0.00000576. The Morgan fingerprint density at radius 3 is 2.60 bits per heavy atom. The van der Waals surface area contributed by atoms with E-state index in [4.69, 9.17) is 4.74 Å².